The van der Waals surface area contributed by atoms with Gasteiger partial charge >= 0.3 is 0 Å². The molecule has 0 bridgehead atoms. The third-order valence-corrected chi connectivity index (χ3v) is 3.70. The fourth-order valence-corrected chi connectivity index (χ4v) is 2.58. The number of likely N-dealkylation sites (N-methyl/N-ethyl adjacent to an activating group) is 1. The zero-order chi connectivity index (χ0) is 14.5. The number of ketones is 1. The smallest absolute Gasteiger partial charge is 0.237 e. The van der Waals surface area contributed by atoms with Crippen molar-refractivity contribution in [1.29, 1.82) is 0 Å². The predicted octanol–water partition coefficient (Wildman–Crippen LogP) is 1.61. The van der Waals surface area contributed by atoms with Gasteiger partial charge in [-0.15, -0.1) is 0 Å². The lowest BCUT2D eigenvalue weighted by Crippen LogP contribution is -2.42. The van der Waals surface area contributed by atoms with Gasteiger partial charge in [0.1, 0.15) is 5.82 Å². The van der Waals surface area contributed by atoms with E-state index in [1.807, 2.05) is 4.90 Å². The minimum atomic E-state index is -0.347. The second kappa shape index (κ2) is 6.61. The molecule has 2 rings (SSSR count). The summed E-state index contributed by atoms with van der Waals surface area (Å²) >= 11 is 0. The van der Waals surface area contributed by atoms with E-state index in [2.05, 4.69) is 5.32 Å². The Hall–Kier alpha value is -1.75. The molecule has 1 aromatic carbocycles. The maximum absolute atomic E-state index is 12.8. The lowest BCUT2D eigenvalue weighted by Gasteiger charge is -2.22. The molecule has 1 atom stereocenters. The largest absolute Gasteiger partial charge is 0.358 e. The second-order valence-corrected chi connectivity index (χ2v) is 4.99. The normalized spacial score (nSPS) is 19.0. The van der Waals surface area contributed by atoms with Gasteiger partial charge < -0.3 is 5.32 Å². The van der Waals surface area contributed by atoms with Gasteiger partial charge in [0.05, 0.1) is 6.04 Å². The Morgan fingerprint density at radius 3 is 2.70 bits per heavy atom. The van der Waals surface area contributed by atoms with Gasteiger partial charge in [-0.2, -0.15) is 0 Å². The molecule has 1 N–H and O–H groups in total. The van der Waals surface area contributed by atoms with E-state index in [9.17, 15) is 14.0 Å². The average Bonchev–Trinajstić information content (AvgIpc) is 2.93. The van der Waals surface area contributed by atoms with Crippen molar-refractivity contribution in [1.82, 2.24) is 10.2 Å². The summed E-state index contributed by atoms with van der Waals surface area (Å²) in [5.41, 5.74) is 0.516. The van der Waals surface area contributed by atoms with Crippen LogP contribution in [-0.4, -0.2) is 42.8 Å². The van der Waals surface area contributed by atoms with Crippen molar-refractivity contribution >= 4 is 11.7 Å². The van der Waals surface area contributed by atoms with E-state index in [1.54, 1.807) is 7.05 Å². The number of benzene rings is 1. The number of hydrogen-bond donors (Lipinski definition) is 1. The Balaban J connectivity index is 1.89. The maximum Gasteiger partial charge on any atom is 0.237 e. The first-order valence-electron chi connectivity index (χ1n) is 6.86. The predicted molar refractivity (Wildman–Crippen MR) is 74.0 cm³/mol. The lowest BCUT2D eigenvalue weighted by molar-refractivity contribution is -0.124. The summed E-state index contributed by atoms with van der Waals surface area (Å²) in [5, 5.41) is 2.66. The maximum atomic E-state index is 12.8. The number of likely N-dealkylation sites (tertiary alicyclic amines) is 1. The lowest BCUT2D eigenvalue weighted by atomic mass is 10.1. The molecule has 1 saturated heterocycles. The van der Waals surface area contributed by atoms with E-state index in [4.69, 9.17) is 0 Å². The van der Waals surface area contributed by atoms with Crippen LogP contribution in [0.2, 0.25) is 0 Å². The fraction of sp³-hybridized carbons (Fsp3) is 0.467. The second-order valence-electron chi connectivity index (χ2n) is 4.99. The standard InChI is InChI=1S/C15H19FN2O2/c1-17-15(20)13-3-2-9-18(13)10-8-14(19)11-4-6-12(16)7-5-11/h4-7,13H,2-3,8-10H2,1H3,(H,17,20). The van der Waals surface area contributed by atoms with Crippen LogP contribution < -0.4 is 5.32 Å². The first-order chi connectivity index (χ1) is 9.61. The average molecular weight is 278 g/mol. The molecule has 1 unspecified atom stereocenters. The van der Waals surface area contributed by atoms with Gasteiger partial charge in [0.15, 0.2) is 5.78 Å². The van der Waals surface area contributed by atoms with Crippen LogP contribution in [-0.2, 0) is 4.79 Å². The van der Waals surface area contributed by atoms with Crippen molar-refractivity contribution in [2.24, 2.45) is 0 Å². The third kappa shape index (κ3) is 3.42. The quantitative estimate of drug-likeness (QED) is 0.832. The Morgan fingerprint density at radius 1 is 1.35 bits per heavy atom. The zero-order valence-corrected chi connectivity index (χ0v) is 11.6. The molecular formula is C15H19FN2O2. The van der Waals surface area contributed by atoms with Crippen molar-refractivity contribution < 1.29 is 14.0 Å². The van der Waals surface area contributed by atoms with Crippen LogP contribution in [0.3, 0.4) is 0 Å². The molecule has 4 nitrogen and oxygen atoms in total. The Kier molecular flexibility index (Phi) is 4.84. The number of nitrogens with one attached hydrogen (secondary N) is 1. The molecule has 1 fully saturated rings. The summed E-state index contributed by atoms with van der Waals surface area (Å²) in [4.78, 5) is 25.7. The highest BCUT2D eigenvalue weighted by molar-refractivity contribution is 5.96. The monoisotopic (exact) mass is 278 g/mol. The van der Waals surface area contributed by atoms with Gasteiger partial charge in [0.25, 0.3) is 0 Å². The molecule has 1 aliphatic rings. The van der Waals surface area contributed by atoms with Crippen molar-refractivity contribution in [3.8, 4) is 0 Å². The number of carbonyl (C=O) groups is 2. The topological polar surface area (TPSA) is 49.4 Å². The van der Waals surface area contributed by atoms with Crippen molar-refractivity contribution in [2.45, 2.75) is 25.3 Å². The van der Waals surface area contributed by atoms with Gasteiger partial charge in [-0.25, -0.2) is 4.39 Å². The molecule has 0 radical (unpaired) electrons. The molecule has 1 aromatic rings. The van der Waals surface area contributed by atoms with Crippen LogP contribution in [0.4, 0.5) is 4.39 Å². The summed E-state index contributed by atoms with van der Waals surface area (Å²) in [6.45, 7) is 1.41. The van der Waals surface area contributed by atoms with E-state index in [1.165, 1.54) is 24.3 Å². The third-order valence-electron chi connectivity index (χ3n) is 3.70. The van der Waals surface area contributed by atoms with Crippen molar-refractivity contribution in [3.63, 3.8) is 0 Å². The molecule has 1 aliphatic heterocycles. The Labute approximate surface area is 118 Å². The van der Waals surface area contributed by atoms with Crippen molar-refractivity contribution in [2.75, 3.05) is 20.1 Å². The summed E-state index contributed by atoms with van der Waals surface area (Å²) in [6.07, 6.45) is 2.16. The zero-order valence-electron chi connectivity index (χ0n) is 11.6. The molecule has 108 valence electrons. The highest BCUT2D eigenvalue weighted by Gasteiger charge is 2.29. The van der Waals surface area contributed by atoms with Gasteiger partial charge in [-0.1, -0.05) is 0 Å². The van der Waals surface area contributed by atoms with E-state index in [0.717, 1.165) is 19.4 Å². The number of hydrogen-bond acceptors (Lipinski definition) is 3. The first kappa shape index (κ1) is 14.7. The van der Waals surface area contributed by atoms with Gasteiger partial charge in [0, 0.05) is 25.6 Å². The number of halogens is 1. The number of amides is 1. The highest BCUT2D eigenvalue weighted by Crippen LogP contribution is 2.18. The molecule has 20 heavy (non-hydrogen) atoms. The minimum absolute atomic E-state index is 0.0109. The fourth-order valence-electron chi connectivity index (χ4n) is 2.58. The number of nitrogens with zero attached hydrogens (tertiary/aromatic N) is 1. The van der Waals surface area contributed by atoms with Gasteiger partial charge in [-0.05, 0) is 43.7 Å². The molecule has 1 heterocycles. The summed E-state index contributed by atoms with van der Waals surface area (Å²) < 4.78 is 12.8. The number of Topliss-reactive ketones (excluding diaryl/α,β-unsaturated/α-hetero) is 1. The Morgan fingerprint density at radius 2 is 2.05 bits per heavy atom. The molecule has 5 heteroatoms. The van der Waals surface area contributed by atoms with Gasteiger partial charge in [-0.3, -0.25) is 14.5 Å². The van der Waals surface area contributed by atoms with E-state index in [-0.39, 0.29) is 23.5 Å². The van der Waals surface area contributed by atoms with Crippen molar-refractivity contribution in [3.05, 3.63) is 35.6 Å². The van der Waals surface area contributed by atoms with Crippen LogP contribution >= 0.6 is 0 Å². The molecule has 0 aliphatic carbocycles. The SMILES string of the molecule is CNC(=O)C1CCCN1CCC(=O)c1ccc(F)cc1. The summed E-state index contributed by atoms with van der Waals surface area (Å²) in [5.74, 6) is -0.356. The molecule has 0 aromatic heterocycles. The van der Waals surface area contributed by atoms with Crippen LogP contribution in [0, 0.1) is 5.82 Å². The van der Waals surface area contributed by atoms with E-state index >= 15 is 0 Å². The molecule has 1 amide bonds. The van der Waals surface area contributed by atoms with Crippen LogP contribution in [0.1, 0.15) is 29.6 Å². The van der Waals surface area contributed by atoms with E-state index in [0.29, 0.717) is 18.5 Å². The highest BCUT2D eigenvalue weighted by atomic mass is 19.1. The first-order valence-corrected chi connectivity index (χ1v) is 6.86. The van der Waals surface area contributed by atoms with Gasteiger partial charge in [0.2, 0.25) is 5.91 Å². The molecule has 0 saturated carbocycles. The van der Waals surface area contributed by atoms with Crippen LogP contribution in [0.15, 0.2) is 24.3 Å². The summed E-state index contributed by atoms with van der Waals surface area (Å²) in [7, 11) is 1.63. The minimum Gasteiger partial charge on any atom is -0.358 e. The summed E-state index contributed by atoms with van der Waals surface area (Å²) in [6, 6.07) is 5.45. The van der Waals surface area contributed by atoms with Crippen LogP contribution in [0.25, 0.3) is 0 Å². The van der Waals surface area contributed by atoms with Crippen LogP contribution in [0.5, 0.6) is 0 Å². The Bertz CT molecular complexity index is 487. The molecule has 0 spiro atoms. The van der Waals surface area contributed by atoms with E-state index < -0.39 is 0 Å². The molecular weight excluding hydrogens is 259 g/mol. The number of rotatable bonds is 5. The number of carbonyl (C=O) groups excluding carboxylic acids is 2.